The quantitative estimate of drug-likeness (QED) is 0.406. The number of amides is 1. The number of rotatable bonds is 8. The fourth-order valence-corrected chi connectivity index (χ4v) is 3.57. The Morgan fingerprint density at radius 2 is 1.69 bits per heavy atom. The maximum Gasteiger partial charge on any atom is 0.287 e. The molecule has 35 heavy (non-hydrogen) atoms. The zero-order chi connectivity index (χ0) is 25.1. The number of hydrogen-bond donors (Lipinski definition) is 1. The van der Waals surface area contributed by atoms with Crippen molar-refractivity contribution in [2.45, 2.75) is 20.5 Å². The lowest BCUT2D eigenvalue weighted by atomic mass is 10.1. The molecule has 0 fully saturated rings. The number of benzene rings is 2. The van der Waals surface area contributed by atoms with Crippen LogP contribution in [0.2, 0.25) is 0 Å². The number of fused-ring (bicyclic) bond motifs is 1. The second-order valence-corrected chi connectivity index (χ2v) is 7.74. The van der Waals surface area contributed by atoms with E-state index in [1.165, 1.54) is 27.4 Å². The second-order valence-electron chi connectivity index (χ2n) is 7.74. The van der Waals surface area contributed by atoms with Crippen molar-refractivity contribution in [3.8, 4) is 23.0 Å². The van der Waals surface area contributed by atoms with Crippen LogP contribution in [0.15, 0.2) is 51.8 Å². The molecule has 0 aliphatic rings. The Morgan fingerprint density at radius 1 is 0.971 bits per heavy atom. The standard InChI is InChI=1S/C25H25N3O7/c1-14-6-7-19(34-13-17-12-23(29)28-22(26-17)9-15(2)35-28)18(8-14)27-25(30)16-10-20(31-3)24(33-5)21(11-16)32-4/h6-12H,13H2,1-5H3,(H,27,30). The smallest absolute Gasteiger partial charge is 0.287 e. The molecule has 2 aromatic carbocycles. The molecule has 4 aromatic rings. The van der Waals surface area contributed by atoms with Gasteiger partial charge in [-0.2, -0.15) is 0 Å². The molecule has 0 spiro atoms. The van der Waals surface area contributed by atoms with Gasteiger partial charge in [-0.05, 0) is 43.7 Å². The Bertz CT molecular complexity index is 1430. The Morgan fingerprint density at radius 3 is 2.34 bits per heavy atom. The number of nitrogens with one attached hydrogen (secondary N) is 1. The van der Waals surface area contributed by atoms with Crippen molar-refractivity contribution in [1.29, 1.82) is 0 Å². The molecule has 0 aliphatic heterocycles. The van der Waals surface area contributed by atoms with Gasteiger partial charge in [0.2, 0.25) is 5.75 Å². The van der Waals surface area contributed by atoms with Crippen molar-refractivity contribution >= 4 is 17.2 Å². The van der Waals surface area contributed by atoms with Crippen LogP contribution in [-0.2, 0) is 6.61 Å². The van der Waals surface area contributed by atoms with Crippen molar-refractivity contribution < 1.29 is 28.3 Å². The predicted octanol–water partition coefficient (Wildman–Crippen LogP) is 3.76. The van der Waals surface area contributed by atoms with Gasteiger partial charge in [-0.3, -0.25) is 9.59 Å². The molecule has 10 heteroatoms. The van der Waals surface area contributed by atoms with Crippen molar-refractivity contribution in [2.75, 3.05) is 26.6 Å². The summed E-state index contributed by atoms with van der Waals surface area (Å²) in [6.45, 7) is 3.65. The first kappa shape index (κ1) is 23.7. The SMILES string of the molecule is COc1cc(C(=O)Nc2cc(C)ccc2OCc2cc(=O)n3oc(C)cc3n2)cc(OC)c1OC. The van der Waals surface area contributed by atoms with E-state index >= 15 is 0 Å². The van der Waals surface area contributed by atoms with Crippen LogP contribution < -0.4 is 29.8 Å². The third kappa shape index (κ3) is 4.91. The summed E-state index contributed by atoms with van der Waals surface area (Å²) in [5, 5.41) is 2.87. The average Bonchev–Trinajstić information content (AvgIpc) is 3.23. The minimum atomic E-state index is -0.397. The van der Waals surface area contributed by atoms with Crippen molar-refractivity contribution in [2.24, 2.45) is 0 Å². The molecule has 0 atom stereocenters. The van der Waals surface area contributed by atoms with Crippen molar-refractivity contribution in [3.05, 3.63) is 75.4 Å². The van der Waals surface area contributed by atoms with E-state index in [-0.39, 0.29) is 12.2 Å². The minimum Gasteiger partial charge on any atom is -0.493 e. The third-order valence-electron chi connectivity index (χ3n) is 5.21. The van der Waals surface area contributed by atoms with E-state index in [0.717, 1.165) is 10.1 Å². The van der Waals surface area contributed by atoms with Crippen LogP contribution in [0.5, 0.6) is 23.0 Å². The highest BCUT2D eigenvalue weighted by Crippen LogP contribution is 2.38. The van der Waals surface area contributed by atoms with Gasteiger partial charge < -0.3 is 28.8 Å². The molecule has 10 nitrogen and oxygen atoms in total. The lowest BCUT2D eigenvalue weighted by Crippen LogP contribution is -2.15. The average molecular weight is 479 g/mol. The van der Waals surface area contributed by atoms with Crippen LogP contribution in [0, 0.1) is 13.8 Å². The van der Waals surface area contributed by atoms with Gasteiger partial charge in [-0.15, -0.1) is 4.57 Å². The van der Waals surface area contributed by atoms with E-state index in [1.54, 1.807) is 37.3 Å². The van der Waals surface area contributed by atoms with Crippen molar-refractivity contribution in [1.82, 2.24) is 9.56 Å². The summed E-state index contributed by atoms with van der Waals surface area (Å²) in [4.78, 5) is 29.8. The lowest BCUT2D eigenvalue weighted by molar-refractivity contribution is 0.102. The highest BCUT2D eigenvalue weighted by molar-refractivity contribution is 6.05. The van der Waals surface area contributed by atoms with Gasteiger partial charge in [0.1, 0.15) is 18.1 Å². The van der Waals surface area contributed by atoms with E-state index < -0.39 is 5.91 Å². The Balaban J connectivity index is 1.59. The van der Waals surface area contributed by atoms with Crippen LogP contribution in [0.3, 0.4) is 0 Å². The molecule has 0 aliphatic carbocycles. The zero-order valence-corrected chi connectivity index (χ0v) is 20.0. The van der Waals surface area contributed by atoms with Gasteiger partial charge in [0.15, 0.2) is 17.1 Å². The summed E-state index contributed by atoms with van der Waals surface area (Å²) in [5.74, 6) is 1.70. The zero-order valence-electron chi connectivity index (χ0n) is 20.0. The first-order chi connectivity index (χ1) is 16.8. The molecular formula is C25H25N3O7. The maximum atomic E-state index is 13.1. The summed E-state index contributed by atoms with van der Waals surface area (Å²) < 4.78 is 28.4. The van der Waals surface area contributed by atoms with Crippen molar-refractivity contribution in [3.63, 3.8) is 0 Å². The number of aromatic nitrogens is 2. The predicted molar refractivity (Wildman–Crippen MR) is 128 cm³/mol. The molecule has 2 heterocycles. The Hall–Kier alpha value is -4.47. The number of hydrogen-bond acceptors (Lipinski definition) is 8. The fourth-order valence-electron chi connectivity index (χ4n) is 3.57. The number of aryl methyl sites for hydroxylation is 2. The molecule has 0 saturated heterocycles. The molecule has 0 saturated carbocycles. The normalized spacial score (nSPS) is 10.8. The first-order valence-corrected chi connectivity index (χ1v) is 10.7. The van der Waals surface area contributed by atoms with E-state index in [4.69, 9.17) is 23.5 Å². The first-order valence-electron chi connectivity index (χ1n) is 10.7. The number of ether oxygens (including phenoxy) is 4. The highest BCUT2D eigenvalue weighted by atomic mass is 16.5. The van der Waals surface area contributed by atoms with Crippen LogP contribution in [0.1, 0.15) is 27.4 Å². The van der Waals surface area contributed by atoms with Gasteiger partial charge in [0, 0.05) is 17.7 Å². The number of anilines is 1. The Labute approximate surface area is 201 Å². The molecule has 0 bridgehead atoms. The molecule has 0 radical (unpaired) electrons. The van der Waals surface area contributed by atoms with Crippen LogP contribution in [-0.4, -0.2) is 36.8 Å². The van der Waals surface area contributed by atoms with Gasteiger partial charge >= 0.3 is 0 Å². The number of carbonyl (C=O) groups excluding carboxylic acids is 1. The highest BCUT2D eigenvalue weighted by Gasteiger charge is 2.18. The lowest BCUT2D eigenvalue weighted by Gasteiger charge is -2.16. The maximum absolute atomic E-state index is 13.1. The third-order valence-corrected chi connectivity index (χ3v) is 5.21. The minimum absolute atomic E-state index is 0.0199. The Kier molecular flexibility index (Phi) is 6.63. The van der Waals surface area contributed by atoms with E-state index in [9.17, 15) is 9.59 Å². The monoisotopic (exact) mass is 479 g/mol. The van der Waals surface area contributed by atoms with Crippen LogP contribution in [0.4, 0.5) is 5.69 Å². The largest absolute Gasteiger partial charge is 0.493 e. The van der Waals surface area contributed by atoms with Crippen LogP contribution in [0.25, 0.3) is 5.65 Å². The summed E-state index contributed by atoms with van der Waals surface area (Å²) in [7, 11) is 4.45. The van der Waals surface area contributed by atoms with Gasteiger partial charge in [0.25, 0.3) is 11.5 Å². The molecular weight excluding hydrogens is 454 g/mol. The number of carbonyl (C=O) groups is 1. The molecule has 0 unspecified atom stereocenters. The molecule has 1 N–H and O–H groups in total. The molecule has 1 amide bonds. The van der Waals surface area contributed by atoms with E-state index in [1.807, 2.05) is 13.0 Å². The van der Waals surface area contributed by atoms with Gasteiger partial charge in [-0.25, -0.2) is 4.98 Å². The summed E-state index contributed by atoms with van der Waals surface area (Å²) >= 11 is 0. The van der Waals surface area contributed by atoms with Gasteiger partial charge in [-0.1, -0.05) is 6.07 Å². The number of methoxy groups -OCH3 is 3. The van der Waals surface area contributed by atoms with Crippen LogP contribution >= 0.6 is 0 Å². The molecule has 4 rings (SSSR count). The number of nitrogens with zero attached hydrogens (tertiary/aromatic N) is 2. The summed E-state index contributed by atoms with van der Waals surface area (Å²) in [6, 6.07) is 11.5. The van der Waals surface area contributed by atoms with E-state index in [2.05, 4.69) is 10.3 Å². The fraction of sp³-hybridized carbons (Fsp3) is 0.240. The second kappa shape index (κ2) is 9.80. The summed E-state index contributed by atoms with van der Waals surface area (Å²) in [6.07, 6.45) is 0. The topological polar surface area (TPSA) is 114 Å². The van der Waals surface area contributed by atoms with E-state index in [0.29, 0.717) is 51.4 Å². The van der Waals surface area contributed by atoms with Gasteiger partial charge in [0.05, 0.1) is 32.7 Å². The summed E-state index contributed by atoms with van der Waals surface area (Å²) in [5.41, 5.74) is 2.17. The molecule has 2 aromatic heterocycles. The molecule has 182 valence electrons.